The number of nitrogens with one attached hydrogen (secondary N) is 2. The smallest absolute Gasteiger partial charge is 0.766 e. The van der Waals surface area contributed by atoms with Crippen molar-refractivity contribution in [3.63, 3.8) is 0 Å². The van der Waals surface area contributed by atoms with Gasteiger partial charge in [-0.2, -0.15) is 4.98 Å². The van der Waals surface area contributed by atoms with E-state index < -0.39 is 57.0 Å². The van der Waals surface area contributed by atoms with Gasteiger partial charge in [0.05, 0.1) is 31.1 Å². The molecule has 0 bridgehead atoms. The summed E-state index contributed by atoms with van der Waals surface area (Å²) in [6, 6.07) is 0. The van der Waals surface area contributed by atoms with Crippen molar-refractivity contribution in [1.82, 2.24) is 24.6 Å². The summed E-state index contributed by atoms with van der Waals surface area (Å²) in [6.07, 6.45) is -2.70. The summed E-state index contributed by atoms with van der Waals surface area (Å²) >= 11 is 0. The number of nitrogens with two attached hydrogens (primary N) is 1. The summed E-state index contributed by atoms with van der Waals surface area (Å²) in [5.41, 5.74) is 5.31. The Kier molecular flexibility index (Phi) is 13.2. The second-order valence-corrected chi connectivity index (χ2v) is 9.71. The number of aromatic amines is 1. The van der Waals surface area contributed by atoms with Crippen molar-refractivity contribution < 1.29 is 97.2 Å². The third-order valence-electron chi connectivity index (χ3n) is 4.69. The van der Waals surface area contributed by atoms with E-state index in [0.717, 1.165) is 0 Å². The molecule has 15 nitrogen and oxygen atoms in total. The number of fused-ring (bicyclic) bond motifs is 1. The molecule has 2 aromatic heterocycles. The van der Waals surface area contributed by atoms with Crippen LogP contribution in [0.2, 0.25) is 0 Å². The number of carboxylic acids is 1. The van der Waals surface area contributed by atoms with Crippen LogP contribution in [0.5, 0.6) is 0 Å². The number of nitrogens with zero attached hydrogens (tertiary/aromatic N) is 3. The van der Waals surface area contributed by atoms with Gasteiger partial charge in [-0.15, -0.1) is 0 Å². The molecular weight excluding hydrogens is 521 g/mol. The Labute approximate surface area is 251 Å². The van der Waals surface area contributed by atoms with Gasteiger partial charge in [-0.25, -0.2) is 4.98 Å². The van der Waals surface area contributed by atoms with Crippen LogP contribution in [0.25, 0.3) is 11.2 Å². The zero-order valence-electron chi connectivity index (χ0n) is 21.0. The molecule has 4 N–H and O–H groups in total. The maximum atomic E-state index is 12.2. The predicted molar refractivity (Wildman–Crippen MR) is 113 cm³/mol. The van der Waals surface area contributed by atoms with Crippen molar-refractivity contribution >= 4 is 30.8 Å². The first-order chi connectivity index (χ1) is 15.9. The average molecular weight is 548 g/mol. The molecule has 2 aromatic rings. The molecule has 1 saturated heterocycles. The molecule has 0 radical (unpaired) electrons. The van der Waals surface area contributed by atoms with E-state index in [4.69, 9.17) is 24.5 Å². The Morgan fingerprint density at radius 3 is 2.47 bits per heavy atom. The molecule has 18 heteroatoms. The van der Waals surface area contributed by atoms with E-state index in [1.54, 1.807) is 32.8 Å². The van der Waals surface area contributed by atoms with Crippen LogP contribution in [0.3, 0.4) is 0 Å². The summed E-state index contributed by atoms with van der Waals surface area (Å²) in [5, 5.41) is 12.3. The minimum atomic E-state index is -4.73. The van der Waals surface area contributed by atoms with E-state index in [1.165, 1.54) is 10.9 Å². The molecule has 3 heterocycles. The van der Waals surface area contributed by atoms with Gasteiger partial charge in [-0.1, -0.05) is 0 Å². The zero-order valence-corrected chi connectivity index (χ0v) is 25.9. The SMILES string of the molecule is CC(C)O[C@@H]1[C@H](OC(C)C)[C@@H](COP(=O)([O-])NCC(=O)[O-])O[C@H]1n1cnc2c(=O)[nH]c(N)nc21.[Na+].[Na+]. The number of anilines is 1. The van der Waals surface area contributed by atoms with E-state index in [9.17, 15) is 24.2 Å². The molecule has 0 aromatic carbocycles. The number of ether oxygens (including phenoxy) is 3. The quantitative estimate of drug-likeness (QED) is 0.176. The predicted octanol–water partition coefficient (Wildman–Crippen LogP) is -7.98. The first-order valence-electron chi connectivity index (χ1n) is 10.5. The third-order valence-corrected chi connectivity index (χ3v) is 5.73. The van der Waals surface area contributed by atoms with Crippen LogP contribution in [0, 0.1) is 0 Å². The molecule has 1 fully saturated rings. The van der Waals surface area contributed by atoms with Gasteiger partial charge in [-0.05, 0) is 27.7 Å². The van der Waals surface area contributed by atoms with Crippen LogP contribution in [-0.4, -0.2) is 69.2 Å². The van der Waals surface area contributed by atoms with Gasteiger partial charge in [0, 0.05) is 6.54 Å². The van der Waals surface area contributed by atoms with E-state index >= 15 is 0 Å². The summed E-state index contributed by atoms with van der Waals surface area (Å²) in [6.45, 7) is 5.72. The van der Waals surface area contributed by atoms with E-state index in [0.29, 0.717) is 0 Å². The molecule has 1 aliphatic heterocycles. The number of carbonyl (C=O) groups is 1. The molecule has 0 spiro atoms. The van der Waals surface area contributed by atoms with Gasteiger partial charge >= 0.3 is 59.1 Å². The Morgan fingerprint density at radius 2 is 1.89 bits per heavy atom. The topological polar surface area (TPSA) is 219 Å². The number of carboxylic acid groups (broad SMARTS) is 1. The summed E-state index contributed by atoms with van der Waals surface area (Å²) in [7, 11) is -4.73. The van der Waals surface area contributed by atoms with Crippen LogP contribution >= 0.6 is 7.75 Å². The van der Waals surface area contributed by atoms with E-state index in [-0.39, 0.29) is 88.4 Å². The number of nitrogen functional groups attached to an aromatic ring is 1. The summed E-state index contributed by atoms with van der Waals surface area (Å²) < 4.78 is 36.6. The second-order valence-electron chi connectivity index (χ2n) is 8.14. The molecule has 190 valence electrons. The van der Waals surface area contributed by atoms with Crippen LogP contribution in [-0.2, 0) is 28.1 Å². The number of hydrogen-bond acceptors (Lipinski definition) is 12. The number of aromatic nitrogens is 4. The molecule has 0 saturated carbocycles. The Bertz CT molecular complexity index is 1130. The van der Waals surface area contributed by atoms with Gasteiger partial charge < -0.3 is 39.3 Å². The number of hydrogen-bond donors (Lipinski definition) is 3. The molecule has 3 rings (SSSR count). The monoisotopic (exact) mass is 548 g/mol. The van der Waals surface area contributed by atoms with Gasteiger partial charge in [0.25, 0.3) is 5.56 Å². The first kappa shape index (κ1) is 33.6. The number of carbonyl (C=O) groups excluding carboxylic acids is 1. The van der Waals surface area contributed by atoms with Crippen molar-refractivity contribution in [3.8, 4) is 0 Å². The fourth-order valence-corrected chi connectivity index (χ4v) is 4.27. The Morgan fingerprint density at radius 1 is 1.28 bits per heavy atom. The van der Waals surface area contributed by atoms with Crippen molar-refractivity contribution in [3.05, 3.63) is 16.7 Å². The third kappa shape index (κ3) is 8.56. The standard InChI is InChI=1S/C18H29N6O9P.2Na/c1-8(2)31-13-10(6-30-34(28,29)21-5-11(25)26)33-17(14(13)32-9(3)4)24-7-20-12-15(24)22-18(19)23-16(12)27;;/h7-10,13-14,17H,5-6H2,1-4H3,(H,25,26)(H2,21,28,29)(H3,19,22,23,27);;/q;2*+1/p-2/t10-,13-,14-,17-;;/m1../s1. The first-order valence-corrected chi connectivity index (χ1v) is 12.0. The molecular formula is C18H27N6Na2O9P. The van der Waals surface area contributed by atoms with Crippen LogP contribution in [0.4, 0.5) is 5.95 Å². The maximum absolute atomic E-state index is 12.2. The van der Waals surface area contributed by atoms with E-state index in [2.05, 4.69) is 15.0 Å². The number of H-pyrrole nitrogens is 1. The van der Waals surface area contributed by atoms with Crippen molar-refractivity contribution in [1.29, 1.82) is 0 Å². The summed E-state index contributed by atoms with van der Waals surface area (Å²) in [4.78, 5) is 45.4. The largest absolute Gasteiger partial charge is 1.00 e. The Balaban J connectivity index is 0.00000324. The minimum absolute atomic E-state index is 0. The summed E-state index contributed by atoms with van der Waals surface area (Å²) in [5.74, 6) is -1.74. The van der Waals surface area contributed by atoms with Crippen LogP contribution < -0.4 is 85.5 Å². The molecule has 1 aliphatic rings. The van der Waals surface area contributed by atoms with Crippen molar-refractivity contribution in [2.24, 2.45) is 0 Å². The molecule has 0 aliphatic carbocycles. The fraction of sp³-hybridized carbons (Fsp3) is 0.667. The van der Waals surface area contributed by atoms with Gasteiger partial charge in [0.15, 0.2) is 17.4 Å². The average Bonchev–Trinajstić information content (AvgIpc) is 3.26. The molecule has 0 amide bonds. The van der Waals surface area contributed by atoms with Crippen molar-refractivity contribution in [2.75, 3.05) is 18.9 Å². The van der Waals surface area contributed by atoms with Crippen molar-refractivity contribution in [2.45, 2.75) is 64.4 Å². The Hall–Kier alpha value is -0.390. The second kappa shape index (κ2) is 14.1. The fourth-order valence-electron chi connectivity index (χ4n) is 3.51. The van der Waals surface area contributed by atoms with Gasteiger partial charge in [0.2, 0.25) is 13.7 Å². The molecule has 5 atom stereocenters. The van der Waals surface area contributed by atoms with Crippen LogP contribution in [0.15, 0.2) is 11.1 Å². The number of aliphatic carboxylic acids is 1. The normalized spacial score (nSPS) is 23.4. The van der Waals surface area contributed by atoms with E-state index in [1.807, 2.05) is 0 Å². The number of rotatable bonds is 11. The molecule has 1 unspecified atom stereocenters. The van der Waals surface area contributed by atoms with Crippen LogP contribution in [0.1, 0.15) is 33.9 Å². The zero-order chi connectivity index (χ0) is 25.2. The number of imidazole rings is 1. The maximum Gasteiger partial charge on any atom is 1.00 e. The molecule has 36 heavy (non-hydrogen) atoms. The van der Waals surface area contributed by atoms with Gasteiger partial charge in [0.1, 0.15) is 18.3 Å². The minimum Gasteiger partial charge on any atom is -0.766 e. The van der Waals surface area contributed by atoms with Gasteiger partial charge in [-0.3, -0.25) is 24.0 Å².